The van der Waals surface area contributed by atoms with Crippen molar-refractivity contribution in [3.63, 3.8) is 0 Å². The molecule has 0 amide bonds. The summed E-state index contributed by atoms with van der Waals surface area (Å²) in [5, 5.41) is 0. The standard InChI is InChI=1S/C12H13IN2O/c13-11-8-14-12(15-11)6-7-16-9-10-4-2-1-3-5-10/h1-5,8H,6-7,9H2,(H,14,15). The molecule has 1 heterocycles. The predicted molar refractivity (Wildman–Crippen MR) is 71.1 cm³/mol. The third kappa shape index (κ3) is 3.61. The molecule has 0 unspecified atom stereocenters. The van der Waals surface area contributed by atoms with Gasteiger partial charge in [0.25, 0.3) is 0 Å². The number of rotatable bonds is 5. The Morgan fingerprint density at radius 3 is 2.75 bits per heavy atom. The van der Waals surface area contributed by atoms with Crippen molar-refractivity contribution in [3.8, 4) is 0 Å². The van der Waals surface area contributed by atoms with Crippen LogP contribution in [0.15, 0.2) is 36.5 Å². The molecule has 0 aliphatic rings. The number of aromatic nitrogens is 2. The van der Waals surface area contributed by atoms with Crippen LogP contribution in [0.5, 0.6) is 0 Å². The van der Waals surface area contributed by atoms with Crippen molar-refractivity contribution < 1.29 is 4.74 Å². The number of hydrogen-bond acceptors (Lipinski definition) is 2. The molecule has 0 aliphatic carbocycles. The zero-order valence-corrected chi connectivity index (χ0v) is 11.0. The SMILES string of the molecule is Ic1cnc(CCOCc2ccccc2)[nH]1. The number of nitrogens with one attached hydrogen (secondary N) is 1. The lowest BCUT2D eigenvalue weighted by Crippen LogP contribution is -2.00. The topological polar surface area (TPSA) is 37.9 Å². The van der Waals surface area contributed by atoms with Crippen LogP contribution in [0.3, 0.4) is 0 Å². The Balaban J connectivity index is 1.69. The third-order valence-electron chi connectivity index (χ3n) is 2.19. The molecular weight excluding hydrogens is 315 g/mol. The van der Waals surface area contributed by atoms with Crippen molar-refractivity contribution in [2.24, 2.45) is 0 Å². The number of H-pyrrole nitrogens is 1. The normalized spacial score (nSPS) is 10.6. The number of ether oxygens (including phenoxy) is 1. The van der Waals surface area contributed by atoms with E-state index in [0.29, 0.717) is 13.2 Å². The molecule has 0 radical (unpaired) electrons. The van der Waals surface area contributed by atoms with Gasteiger partial charge in [0.05, 0.1) is 23.1 Å². The van der Waals surface area contributed by atoms with E-state index in [1.54, 1.807) is 0 Å². The average Bonchev–Trinajstić information content (AvgIpc) is 2.72. The summed E-state index contributed by atoms with van der Waals surface area (Å²) < 4.78 is 6.64. The van der Waals surface area contributed by atoms with Crippen molar-refractivity contribution in [2.75, 3.05) is 6.61 Å². The van der Waals surface area contributed by atoms with Crippen LogP contribution in [-0.4, -0.2) is 16.6 Å². The first-order valence-corrected chi connectivity index (χ1v) is 6.23. The van der Waals surface area contributed by atoms with E-state index in [2.05, 4.69) is 44.7 Å². The Bertz CT molecular complexity index is 428. The van der Waals surface area contributed by atoms with E-state index in [9.17, 15) is 0 Å². The summed E-state index contributed by atoms with van der Waals surface area (Å²) in [6, 6.07) is 10.2. The summed E-state index contributed by atoms with van der Waals surface area (Å²) >= 11 is 2.21. The summed E-state index contributed by atoms with van der Waals surface area (Å²) in [7, 11) is 0. The lowest BCUT2D eigenvalue weighted by molar-refractivity contribution is 0.122. The minimum atomic E-state index is 0.665. The molecule has 0 bridgehead atoms. The third-order valence-corrected chi connectivity index (χ3v) is 2.74. The summed E-state index contributed by atoms with van der Waals surface area (Å²) in [6.45, 7) is 1.36. The number of aromatic amines is 1. The zero-order valence-electron chi connectivity index (χ0n) is 8.82. The minimum Gasteiger partial charge on any atom is -0.376 e. The molecule has 0 spiro atoms. The highest BCUT2D eigenvalue weighted by Gasteiger charge is 1.98. The number of benzene rings is 1. The van der Waals surface area contributed by atoms with E-state index in [1.807, 2.05) is 24.4 Å². The van der Waals surface area contributed by atoms with Crippen molar-refractivity contribution in [3.05, 3.63) is 51.6 Å². The molecule has 4 heteroatoms. The second-order valence-corrected chi connectivity index (χ2v) is 4.63. The Kier molecular flexibility index (Phi) is 4.35. The van der Waals surface area contributed by atoms with Gasteiger partial charge in [0.15, 0.2) is 0 Å². The van der Waals surface area contributed by atoms with Gasteiger partial charge >= 0.3 is 0 Å². The van der Waals surface area contributed by atoms with Crippen LogP contribution in [0.1, 0.15) is 11.4 Å². The maximum atomic E-state index is 5.57. The van der Waals surface area contributed by atoms with Gasteiger partial charge in [-0.2, -0.15) is 0 Å². The molecular formula is C12H13IN2O. The van der Waals surface area contributed by atoms with Crippen LogP contribution in [0.25, 0.3) is 0 Å². The van der Waals surface area contributed by atoms with Gasteiger partial charge < -0.3 is 9.72 Å². The first-order valence-electron chi connectivity index (χ1n) is 5.15. The molecule has 2 aromatic rings. The van der Waals surface area contributed by atoms with Crippen molar-refractivity contribution >= 4 is 22.6 Å². The van der Waals surface area contributed by atoms with Gasteiger partial charge in [0, 0.05) is 6.42 Å². The second-order valence-electron chi connectivity index (χ2n) is 3.47. The summed E-state index contributed by atoms with van der Waals surface area (Å²) in [5.74, 6) is 0.984. The van der Waals surface area contributed by atoms with Crippen LogP contribution in [0.2, 0.25) is 0 Å². The Morgan fingerprint density at radius 2 is 2.06 bits per heavy atom. The lowest BCUT2D eigenvalue weighted by atomic mass is 10.2. The molecule has 0 aliphatic heterocycles. The highest BCUT2D eigenvalue weighted by atomic mass is 127. The molecule has 84 valence electrons. The first kappa shape index (κ1) is 11.6. The predicted octanol–water partition coefficient (Wildman–Crippen LogP) is 2.77. The Morgan fingerprint density at radius 1 is 1.25 bits per heavy atom. The fourth-order valence-electron chi connectivity index (χ4n) is 1.40. The Hall–Kier alpha value is -0.880. The second kappa shape index (κ2) is 6.00. The van der Waals surface area contributed by atoms with E-state index < -0.39 is 0 Å². The Labute approximate surface area is 108 Å². The quantitative estimate of drug-likeness (QED) is 0.677. The smallest absolute Gasteiger partial charge is 0.109 e. The largest absolute Gasteiger partial charge is 0.376 e. The fraction of sp³-hybridized carbons (Fsp3) is 0.250. The van der Waals surface area contributed by atoms with Crippen LogP contribution in [0, 0.1) is 3.70 Å². The number of hydrogen-bond donors (Lipinski definition) is 1. The highest BCUT2D eigenvalue weighted by Crippen LogP contribution is 2.03. The summed E-state index contributed by atoms with van der Waals surface area (Å²) in [5.41, 5.74) is 1.21. The molecule has 1 N–H and O–H groups in total. The van der Waals surface area contributed by atoms with E-state index in [-0.39, 0.29) is 0 Å². The van der Waals surface area contributed by atoms with Crippen LogP contribution in [0.4, 0.5) is 0 Å². The molecule has 0 fully saturated rings. The van der Waals surface area contributed by atoms with Gasteiger partial charge in [0.2, 0.25) is 0 Å². The van der Waals surface area contributed by atoms with Gasteiger partial charge in [-0.15, -0.1) is 0 Å². The number of imidazole rings is 1. The minimum absolute atomic E-state index is 0.665. The maximum absolute atomic E-state index is 5.57. The van der Waals surface area contributed by atoms with E-state index in [0.717, 1.165) is 15.9 Å². The van der Waals surface area contributed by atoms with E-state index >= 15 is 0 Å². The van der Waals surface area contributed by atoms with Crippen molar-refractivity contribution in [2.45, 2.75) is 13.0 Å². The fourth-order valence-corrected chi connectivity index (χ4v) is 1.85. The van der Waals surface area contributed by atoms with Gasteiger partial charge in [-0.05, 0) is 28.2 Å². The van der Waals surface area contributed by atoms with Gasteiger partial charge in [-0.25, -0.2) is 4.98 Å². The number of nitrogens with zero attached hydrogens (tertiary/aromatic N) is 1. The van der Waals surface area contributed by atoms with E-state index in [1.165, 1.54) is 5.56 Å². The molecule has 16 heavy (non-hydrogen) atoms. The van der Waals surface area contributed by atoms with Gasteiger partial charge in [-0.3, -0.25) is 0 Å². The highest BCUT2D eigenvalue weighted by molar-refractivity contribution is 14.1. The lowest BCUT2D eigenvalue weighted by Gasteiger charge is -2.02. The first-order chi connectivity index (χ1) is 7.84. The maximum Gasteiger partial charge on any atom is 0.109 e. The molecule has 0 atom stereocenters. The van der Waals surface area contributed by atoms with Crippen LogP contribution < -0.4 is 0 Å². The van der Waals surface area contributed by atoms with Gasteiger partial charge in [-0.1, -0.05) is 30.3 Å². The number of halogens is 1. The van der Waals surface area contributed by atoms with Crippen molar-refractivity contribution in [1.29, 1.82) is 0 Å². The monoisotopic (exact) mass is 328 g/mol. The van der Waals surface area contributed by atoms with Crippen molar-refractivity contribution in [1.82, 2.24) is 9.97 Å². The summed E-state index contributed by atoms with van der Waals surface area (Å²) in [6.07, 6.45) is 2.66. The zero-order chi connectivity index (χ0) is 11.2. The molecule has 1 aromatic carbocycles. The molecule has 1 aromatic heterocycles. The molecule has 0 saturated heterocycles. The van der Waals surface area contributed by atoms with Crippen LogP contribution in [-0.2, 0) is 17.8 Å². The molecule has 0 saturated carbocycles. The van der Waals surface area contributed by atoms with Crippen LogP contribution >= 0.6 is 22.6 Å². The summed E-state index contributed by atoms with van der Waals surface area (Å²) in [4.78, 5) is 7.39. The average molecular weight is 328 g/mol. The molecule has 2 rings (SSSR count). The molecule has 3 nitrogen and oxygen atoms in total. The van der Waals surface area contributed by atoms with E-state index in [4.69, 9.17) is 4.74 Å². The van der Waals surface area contributed by atoms with Gasteiger partial charge in [0.1, 0.15) is 5.82 Å².